The van der Waals surface area contributed by atoms with Crippen molar-refractivity contribution in [1.82, 2.24) is 4.98 Å². The van der Waals surface area contributed by atoms with Gasteiger partial charge in [-0.3, -0.25) is 0 Å². The lowest BCUT2D eigenvalue weighted by molar-refractivity contribution is -0.129. The predicted molar refractivity (Wildman–Crippen MR) is 116 cm³/mol. The molecule has 0 N–H and O–H groups in total. The average Bonchev–Trinajstić information content (AvgIpc) is 3.32. The summed E-state index contributed by atoms with van der Waals surface area (Å²) in [5.74, 6) is 0.996. The topological polar surface area (TPSA) is 70.0 Å². The van der Waals surface area contributed by atoms with Gasteiger partial charge in [-0.15, -0.1) is 11.3 Å². The summed E-state index contributed by atoms with van der Waals surface area (Å²) in [6.07, 6.45) is 1.67. The number of nitrogens with zero attached hydrogens (tertiary/aromatic N) is 2. The van der Waals surface area contributed by atoms with Crippen molar-refractivity contribution in [2.75, 3.05) is 7.11 Å². The molecule has 1 aliphatic rings. The van der Waals surface area contributed by atoms with E-state index in [1.807, 2.05) is 49.6 Å². The van der Waals surface area contributed by atoms with E-state index in [1.54, 1.807) is 36.7 Å². The summed E-state index contributed by atoms with van der Waals surface area (Å²) >= 11 is 1.58. The van der Waals surface area contributed by atoms with Gasteiger partial charge in [-0.05, 0) is 49.2 Å². The number of aryl methyl sites for hydroxylation is 2. The Morgan fingerprint density at radius 1 is 1.13 bits per heavy atom. The van der Waals surface area contributed by atoms with Crippen LogP contribution in [0, 0.1) is 13.8 Å². The maximum Gasteiger partial charge on any atom is 0.363 e. The zero-order valence-corrected chi connectivity index (χ0v) is 17.7. The van der Waals surface area contributed by atoms with Gasteiger partial charge in [0.15, 0.2) is 17.2 Å². The molecule has 0 bridgehead atoms. The maximum atomic E-state index is 12.3. The van der Waals surface area contributed by atoms with Crippen LogP contribution in [0.4, 0.5) is 0 Å². The van der Waals surface area contributed by atoms with Gasteiger partial charge in [-0.1, -0.05) is 24.3 Å². The van der Waals surface area contributed by atoms with E-state index in [-0.39, 0.29) is 5.70 Å². The average molecular weight is 420 g/mol. The molecule has 1 aliphatic heterocycles. The largest absolute Gasteiger partial charge is 0.493 e. The molecule has 0 amide bonds. The molecular formula is C23H20N2O4S. The highest BCUT2D eigenvalue weighted by Gasteiger charge is 2.25. The summed E-state index contributed by atoms with van der Waals surface area (Å²) in [5, 5.41) is 2.97. The number of benzene rings is 2. The van der Waals surface area contributed by atoms with Gasteiger partial charge >= 0.3 is 5.97 Å². The minimum Gasteiger partial charge on any atom is -0.493 e. The standard InChI is InChI=1S/C23H20N2O4S/c1-14-6-4-5-7-18(14)22-25-19(23(26)29-22)10-16-8-9-20(21(11-16)27-3)28-12-17-13-30-15(2)24-17/h4-11,13H,12H2,1-3H3/b19-10+. The van der Waals surface area contributed by atoms with Crippen molar-refractivity contribution in [2.45, 2.75) is 20.5 Å². The number of aromatic nitrogens is 1. The first kappa shape index (κ1) is 19.8. The molecule has 4 rings (SSSR count). The van der Waals surface area contributed by atoms with Crippen LogP contribution >= 0.6 is 11.3 Å². The number of carbonyl (C=O) groups excluding carboxylic acids is 1. The first-order chi connectivity index (χ1) is 14.5. The molecule has 0 atom stereocenters. The Hall–Kier alpha value is -3.45. The van der Waals surface area contributed by atoms with Crippen LogP contribution in [-0.4, -0.2) is 24.0 Å². The summed E-state index contributed by atoms with van der Waals surface area (Å²) in [6, 6.07) is 13.1. The lowest BCUT2D eigenvalue weighted by atomic mass is 10.1. The molecule has 30 heavy (non-hydrogen) atoms. The minimum atomic E-state index is -0.480. The van der Waals surface area contributed by atoms with Gasteiger partial charge in [-0.25, -0.2) is 14.8 Å². The predicted octanol–water partition coefficient (Wildman–Crippen LogP) is 4.69. The van der Waals surface area contributed by atoms with Crippen LogP contribution < -0.4 is 9.47 Å². The molecule has 0 radical (unpaired) electrons. The summed E-state index contributed by atoms with van der Waals surface area (Å²) in [4.78, 5) is 21.1. The Morgan fingerprint density at radius 2 is 1.97 bits per heavy atom. The van der Waals surface area contributed by atoms with E-state index in [4.69, 9.17) is 14.2 Å². The summed E-state index contributed by atoms with van der Waals surface area (Å²) in [6.45, 7) is 4.26. The van der Waals surface area contributed by atoms with Crippen molar-refractivity contribution in [3.05, 3.63) is 80.9 Å². The highest BCUT2D eigenvalue weighted by atomic mass is 32.1. The monoisotopic (exact) mass is 420 g/mol. The molecule has 0 spiro atoms. The Balaban J connectivity index is 1.56. The fraction of sp³-hybridized carbons (Fsp3) is 0.174. The molecule has 1 aromatic heterocycles. The summed E-state index contributed by atoms with van der Waals surface area (Å²) < 4.78 is 16.7. The van der Waals surface area contributed by atoms with Gasteiger partial charge in [0.2, 0.25) is 5.90 Å². The number of cyclic esters (lactones) is 1. The van der Waals surface area contributed by atoms with Crippen molar-refractivity contribution in [1.29, 1.82) is 0 Å². The normalized spacial score (nSPS) is 14.6. The second-order valence-electron chi connectivity index (χ2n) is 6.71. The van der Waals surface area contributed by atoms with Crippen LogP contribution in [0.15, 0.2) is 58.5 Å². The first-order valence-electron chi connectivity index (χ1n) is 9.34. The van der Waals surface area contributed by atoms with Gasteiger partial charge < -0.3 is 14.2 Å². The molecule has 2 aromatic carbocycles. The fourth-order valence-corrected chi connectivity index (χ4v) is 3.61. The van der Waals surface area contributed by atoms with Gasteiger partial charge in [0, 0.05) is 10.9 Å². The van der Waals surface area contributed by atoms with Crippen LogP contribution in [0.3, 0.4) is 0 Å². The molecule has 7 heteroatoms. The molecule has 2 heterocycles. The second-order valence-corrected chi connectivity index (χ2v) is 7.77. The van der Waals surface area contributed by atoms with Crippen molar-refractivity contribution in [2.24, 2.45) is 4.99 Å². The Morgan fingerprint density at radius 3 is 2.70 bits per heavy atom. The highest BCUT2D eigenvalue weighted by molar-refractivity contribution is 7.09. The third kappa shape index (κ3) is 4.26. The van der Waals surface area contributed by atoms with E-state index in [0.717, 1.165) is 27.4 Å². The van der Waals surface area contributed by atoms with Gasteiger partial charge in [0.25, 0.3) is 0 Å². The lowest BCUT2D eigenvalue weighted by Gasteiger charge is -2.10. The lowest BCUT2D eigenvalue weighted by Crippen LogP contribution is -2.06. The van der Waals surface area contributed by atoms with E-state index in [9.17, 15) is 4.79 Å². The smallest absolute Gasteiger partial charge is 0.363 e. The maximum absolute atomic E-state index is 12.3. The van der Waals surface area contributed by atoms with Crippen molar-refractivity contribution in [3.8, 4) is 11.5 Å². The zero-order valence-electron chi connectivity index (χ0n) is 16.8. The molecule has 0 saturated carbocycles. The van der Waals surface area contributed by atoms with Gasteiger partial charge in [0.05, 0.1) is 17.8 Å². The van der Waals surface area contributed by atoms with Crippen molar-refractivity contribution < 1.29 is 19.0 Å². The molecule has 3 aromatic rings. The van der Waals surface area contributed by atoms with Crippen LogP contribution in [0.5, 0.6) is 11.5 Å². The molecule has 6 nitrogen and oxygen atoms in total. The molecule has 0 saturated heterocycles. The number of hydrogen-bond acceptors (Lipinski definition) is 7. The van der Waals surface area contributed by atoms with E-state index >= 15 is 0 Å². The number of aliphatic imine (C=N–C) groups is 1. The van der Waals surface area contributed by atoms with E-state index in [2.05, 4.69) is 9.98 Å². The quantitative estimate of drug-likeness (QED) is 0.427. The Kier molecular flexibility index (Phi) is 5.63. The number of esters is 1. The van der Waals surface area contributed by atoms with Crippen molar-refractivity contribution >= 4 is 29.3 Å². The number of methoxy groups -OCH3 is 1. The Bertz CT molecular complexity index is 1160. The van der Waals surface area contributed by atoms with E-state index in [0.29, 0.717) is 24.0 Å². The zero-order chi connectivity index (χ0) is 21.1. The fourth-order valence-electron chi connectivity index (χ4n) is 3.01. The highest BCUT2D eigenvalue weighted by Crippen LogP contribution is 2.30. The minimum absolute atomic E-state index is 0.238. The van der Waals surface area contributed by atoms with Crippen LogP contribution in [-0.2, 0) is 16.1 Å². The van der Waals surface area contributed by atoms with Crippen LogP contribution in [0.1, 0.15) is 27.4 Å². The molecule has 0 unspecified atom stereocenters. The molecule has 152 valence electrons. The third-order valence-electron chi connectivity index (χ3n) is 4.53. The molecule has 0 aliphatic carbocycles. The van der Waals surface area contributed by atoms with Crippen molar-refractivity contribution in [3.63, 3.8) is 0 Å². The third-order valence-corrected chi connectivity index (χ3v) is 5.35. The number of ether oxygens (including phenoxy) is 3. The number of carbonyl (C=O) groups is 1. The summed E-state index contributed by atoms with van der Waals surface area (Å²) in [7, 11) is 1.57. The first-order valence-corrected chi connectivity index (χ1v) is 10.2. The molecular weight excluding hydrogens is 400 g/mol. The molecule has 0 fully saturated rings. The van der Waals surface area contributed by atoms with Gasteiger partial charge in [0.1, 0.15) is 6.61 Å². The SMILES string of the molecule is COc1cc(/C=C2/N=C(c3ccccc3C)OC2=O)ccc1OCc1csc(C)n1. The van der Waals surface area contributed by atoms with Gasteiger partial charge in [-0.2, -0.15) is 0 Å². The van der Waals surface area contributed by atoms with Crippen LogP contribution in [0.2, 0.25) is 0 Å². The second kappa shape index (κ2) is 8.51. The number of rotatable bonds is 6. The number of hydrogen-bond donors (Lipinski definition) is 0. The van der Waals surface area contributed by atoms with Crippen LogP contribution in [0.25, 0.3) is 6.08 Å². The van der Waals surface area contributed by atoms with E-state index in [1.165, 1.54) is 0 Å². The number of thiazole rings is 1. The Labute approximate surface area is 178 Å². The van der Waals surface area contributed by atoms with E-state index < -0.39 is 5.97 Å². The summed E-state index contributed by atoms with van der Waals surface area (Å²) in [5.41, 5.74) is 3.65.